The van der Waals surface area contributed by atoms with Gasteiger partial charge in [0.05, 0.1) is 16.8 Å². The first kappa shape index (κ1) is 12.3. The Hall–Kier alpha value is -1.44. The second kappa shape index (κ2) is 4.28. The largest absolute Gasteiger partial charge is 0.316 e. The molecule has 3 saturated heterocycles. The van der Waals surface area contributed by atoms with E-state index in [2.05, 4.69) is 27.8 Å². The first-order valence-corrected chi connectivity index (χ1v) is 7.59. The lowest BCUT2D eigenvalue weighted by molar-refractivity contribution is 0.119. The average Bonchev–Trinajstić information content (AvgIpc) is 3.05. The van der Waals surface area contributed by atoms with Gasteiger partial charge >= 0.3 is 0 Å². The van der Waals surface area contributed by atoms with E-state index in [9.17, 15) is 0 Å². The van der Waals surface area contributed by atoms with Gasteiger partial charge in [0.25, 0.3) is 0 Å². The molecule has 0 radical (unpaired) electrons. The van der Waals surface area contributed by atoms with Gasteiger partial charge in [0.15, 0.2) is 0 Å². The Kier molecular flexibility index (Phi) is 2.63. The van der Waals surface area contributed by atoms with Gasteiger partial charge in [-0.15, -0.1) is 0 Å². The van der Waals surface area contributed by atoms with E-state index < -0.39 is 0 Å². The fraction of sp³-hybridized carbons (Fsp3) is 0.625. The van der Waals surface area contributed by atoms with Crippen LogP contribution in [0.15, 0.2) is 18.3 Å². The number of nitrogens with one attached hydrogen (secondary N) is 2. The molecule has 1 aromatic heterocycles. The fourth-order valence-electron chi connectivity index (χ4n) is 4.64. The molecule has 4 heterocycles. The highest BCUT2D eigenvalue weighted by Crippen LogP contribution is 2.52. The lowest BCUT2D eigenvalue weighted by atomic mass is 9.69. The van der Waals surface area contributed by atoms with Crippen LogP contribution in [0.4, 0.5) is 0 Å². The van der Waals surface area contributed by atoms with E-state index in [1.807, 2.05) is 6.07 Å². The molecular formula is C16H20N4. The van der Waals surface area contributed by atoms with E-state index in [0.717, 1.165) is 18.8 Å². The van der Waals surface area contributed by atoms with Crippen molar-refractivity contribution >= 4 is 0 Å². The molecule has 3 aliphatic heterocycles. The average molecular weight is 268 g/mol. The van der Waals surface area contributed by atoms with Crippen molar-refractivity contribution in [3.63, 3.8) is 0 Å². The van der Waals surface area contributed by atoms with Crippen LogP contribution in [0.25, 0.3) is 0 Å². The van der Waals surface area contributed by atoms with Crippen molar-refractivity contribution in [3.8, 4) is 6.07 Å². The Labute approximate surface area is 119 Å². The van der Waals surface area contributed by atoms with Crippen LogP contribution in [0.2, 0.25) is 0 Å². The zero-order valence-electron chi connectivity index (χ0n) is 11.7. The van der Waals surface area contributed by atoms with E-state index in [4.69, 9.17) is 5.26 Å². The predicted octanol–water partition coefficient (Wildman–Crippen LogP) is 1.67. The summed E-state index contributed by atoms with van der Waals surface area (Å²) in [5.41, 5.74) is 2.28. The number of hydrogen-bond donors (Lipinski definition) is 2. The molecule has 3 aliphatic rings. The number of rotatable bonds is 1. The Balaban J connectivity index is 1.69. The normalized spacial score (nSPS) is 39.0. The maximum Gasteiger partial charge on any atom is 0.101 e. The van der Waals surface area contributed by atoms with Crippen molar-refractivity contribution < 1.29 is 0 Å². The van der Waals surface area contributed by atoms with Crippen molar-refractivity contribution in [1.29, 1.82) is 5.26 Å². The second-order valence-corrected chi connectivity index (χ2v) is 6.81. The second-order valence-electron chi connectivity index (χ2n) is 6.81. The van der Waals surface area contributed by atoms with Crippen LogP contribution in [0, 0.1) is 16.7 Å². The van der Waals surface area contributed by atoms with Gasteiger partial charge in [-0.3, -0.25) is 4.98 Å². The summed E-state index contributed by atoms with van der Waals surface area (Å²) in [5.74, 6) is 0. The van der Waals surface area contributed by atoms with E-state index in [1.54, 1.807) is 6.20 Å². The predicted molar refractivity (Wildman–Crippen MR) is 75.9 cm³/mol. The molecule has 0 aromatic carbocycles. The molecule has 2 N–H and O–H groups in total. The minimum absolute atomic E-state index is 0.0446. The molecule has 20 heavy (non-hydrogen) atoms. The quantitative estimate of drug-likeness (QED) is 0.813. The minimum Gasteiger partial charge on any atom is -0.316 e. The SMILES string of the molecule is N#Cc1ccc(C23CCC(CC4(CCNC4)C2)N3)nc1. The van der Waals surface area contributed by atoms with Crippen molar-refractivity contribution in [1.82, 2.24) is 15.6 Å². The standard InChI is InChI=1S/C16H20N4/c17-8-12-1-2-14(19-9-12)16-4-3-13(20-16)7-15(10-16)5-6-18-11-15/h1-2,9,13,18,20H,3-7,10-11H2. The Bertz CT molecular complexity index is 553. The molecule has 3 atom stereocenters. The summed E-state index contributed by atoms with van der Waals surface area (Å²) in [7, 11) is 0. The number of aromatic nitrogens is 1. The summed E-state index contributed by atoms with van der Waals surface area (Å²) in [6.45, 7) is 2.31. The molecule has 4 heteroatoms. The summed E-state index contributed by atoms with van der Waals surface area (Å²) < 4.78 is 0. The molecule has 4 rings (SSSR count). The van der Waals surface area contributed by atoms with E-state index in [1.165, 1.54) is 32.1 Å². The maximum absolute atomic E-state index is 8.92. The summed E-state index contributed by atoms with van der Waals surface area (Å²) in [6.07, 6.45) is 7.93. The van der Waals surface area contributed by atoms with Crippen molar-refractivity contribution in [2.24, 2.45) is 5.41 Å². The molecular weight excluding hydrogens is 248 g/mol. The Morgan fingerprint density at radius 2 is 2.30 bits per heavy atom. The van der Waals surface area contributed by atoms with Crippen LogP contribution in [-0.4, -0.2) is 24.1 Å². The van der Waals surface area contributed by atoms with Crippen LogP contribution in [0.3, 0.4) is 0 Å². The van der Waals surface area contributed by atoms with Gasteiger partial charge < -0.3 is 10.6 Å². The molecule has 0 aliphatic carbocycles. The van der Waals surface area contributed by atoms with Gasteiger partial charge in [-0.25, -0.2) is 0 Å². The van der Waals surface area contributed by atoms with Gasteiger partial charge in [-0.05, 0) is 56.2 Å². The lowest BCUT2D eigenvalue weighted by Gasteiger charge is -2.45. The molecule has 4 nitrogen and oxygen atoms in total. The number of piperidine rings is 1. The maximum atomic E-state index is 8.92. The zero-order chi connectivity index (χ0) is 13.6. The van der Waals surface area contributed by atoms with Crippen LogP contribution >= 0.6 is 0 Å². The van der Waals surface area contributed by atoms with Gasteiger partial charge in [-0.2, -0.15) is 5.26 Å². The van der Waals surface area contributed by atoms with Crippen molar-refractivity contribution in [2.45, 2.75) is 43.7 Å². The molecule has 1 spiro atoms. The van der Waals surface area contributed by atoms with Crippen LogP contribution < -0.4 is 10.6 Å². The lowest BCUT2D eigenvalue weighted by Crippen LogP contribution is -2.52. The third-order valence-corrected chi connectivity index (χ3v) is 5.47. The Morgan fingerprint density at radius 1 is 1.35 bits per heavy atom. The number of nitriles is 1. The molecule has 0 amide bonds. The molecule has 104 valence electrons. The van der Waals surface area contributed by atoms with E-state index in [0.29, 0.717) is 17.0 Å². The number of fused-ring (bicyclic) bond motifs is 2. The number of hydrogen-bond acceptors (Lipinski definition) is 4. The van der Waals surface area contributed by atoms with Crippen LogP contribution in [0.1, 0.15) is 43.4 Å². The highest BCUT2D eigenvalue weighted by atomic mass is 15.1. The zero-order valence-corrected chi connectivity index (χ0v) is 11.7. The first-order chi connectivity index (χ1) is 9.74. The Morgan fingerprint density at radius 3 is 3.00 bits per heavy atom. The summed E-state index contributed by atoms with van der Waals surface area (Å²) in [4.78, 5) is 4.59. The number of nitrogens with zero attached hydrogens (tertiary/aromatic N) is 2. The third kappa shape index (κ3) is 1.77. The van der Waals surface area contributed by atoms with Gasteiger partial charge in [0, 0.05) is 18.8 Å². The van der Waals surface area contributed by atoms with Gasteiger partial charge in [0.1, 0.15) is 6.07 Å². The summed E-state index contributed by atoms with van der Waals surface area (Å²) >= 11 is 0. The first-order valence-electron chi connectivity index (χ1n) is 7.59. The summed E-state index contributed by atoms with van der Waals surface area (Å²) in [5, 5.41) is 16.3. The third-order valence-electron chi connectivity index (χ3n) is 5.47. The van der Waals surface area contributed by atoms with Crippen LogP contribution in [0.5, 0.6) is 0 Å². The molecule has 3 unspecified atom stereocenters. The molecule has 3 fully saturated rings. The monoisotopic (exact) mass is 268 g/mol. The van der Waals surface area contributed by atoms with E-state index >= 15 is 0 Å². The topological polar surface area (TPSA) is 60.7 Å². The van der Waals surface area contributed by atoms with Gasteiger partial charge in [-0.1, -0.05) is 0 Å². The molecule has 1 aromatic rings. The highest BCUT2D eigenvalue weighted by Gasteiger charge is 2.53. The highest BCUT2D eigenvalue weighted by molar-refractivity contribution is 5.30. The van der Waals surface area contributed by atoms with Crippen LogP contribution in [-0.2, 0) is 5.54 Å². The minimum atomic E-state index is 0.0446. The van der Waals surface area contributed by atoms with Gasteiger partial charge in [0.2, 0.25) is 0 Å². The van der Waals surface area contributed by atoms with Crippen molar-refractivity contribution in [2.75, 3.05) is 13.1 Å². The fourth-order valence-corrected chi connectivity index (χ4v) is 4.64. The summed E-state index contributed by atoms with van der Waals surface area (Å²) in [6, 6.07) is 6.75. The van der Waals surface area contributed by atoms with Crippen molar-refractivity contribution in [3.05, 3.63) is 29.6 Å². The number of pyridine rings is 1. The smallest absolute Gasteiger partial charge is 0.101 e. The molecule has 0 saturated carbocycles. The van der Waals surface area contributed by atoms with E-state index in [-0.39, 0.29) is 5.54 Å². The molecule has 2 bridgehead atoms.